The normalized spacial score (nSPS) is 8.00. The molecule has 2 amide bonds. The van der Waals surface area contributed by atoms with Crippen LogP contribution in [0.4, 0.5) is 0 Å². The van der Waals surface area contributed by atoms with Gasteiger partial charge < -0.3 is 5.11 Å². The first kappa shape index (κ1) is 8.37. The van der Waals surface area contributed by atoms with Gasteiger partial charge in [-0.05, 0) is 0 Å². The van der Waals surface area contributed by atoms with Crippen molar-refractivity contribution in [3.05, 3.63) is 0 Å². The summed E-state index contributed by atoms with van der Waals surface area (Å²) in [7, 11) is 0. The summed E-state index contributed by atoms with van der Waals surface area (Å²) in [5.41, 5.74) is 2.96. The summed E-state index contributed by atoms with van der Waals surface area (Å²) < 4.78 is 0. The second-order valence-electron chi connectivity index (χ2n) is 1.07. The Morgan fingerprint density at radius 2 is 2.10 bits per heavy atom. The van der Waals surface area contributed by atoms with E-state index in [-0.39, 0.29) is 6.41 Å². The largest absolute Gasteiger partial charge is 0.474 e. The summed E-state index contributed by atoms with van der Waals surface area (Å²) in [6.07, 6.45) is 0.127. The van der Waals surface area contributed by atoms with Crippen LogP contribution in [0.1, 0.15) is 0 Å². The molecule has 10 heavy (non-hydrogen) atoms. The number of hydrogen-bond acceptors (Lipinski definition) is 4. The molecule has 3 N–H and O–H groups in total. The minimum Gasteiger partial charge on any atom is -0.474 e. The lowest BCUT2D eigenvalue weighted by Crippen LogP contribution is -2.35. The third kappa shape index (κ3) is 3.38. The standard InChI is InChI=1S/C3H4N2O5/c6-1-4-10-5-2(7)3(8)9/h1H,(H,4,6)(H,5,7)(H,8,9). The topological polar surface area (TPSA) is 105 Å². The molecule has 56 valence electrons. The number of aliphatic carboxylic acids is 1. The van der Waals surface area contributed by atoms with Gasteiger partial charge in [-0.25, -0.2) is 10.3 Å². The molecule has 0 aliphatic rings. The first-order valence-corrected chi connectivity index (χ1v) is 2.06. The molecule has 7 heteroatoms. The van der Waals surface area contributed by atoms with Gasteiger partial charge in [0.2, 0.25) is 6.41 Å². The lowest BCUT2D eigenvalue weighted by Gasteiger charge is -1.96. The Kier molecular flexibility index (Phi) is 3.57. The van der Waals surface area contributed by atoms with Crippen molar-refractivity contribution >= 4 is 18.3 Å². The van der Waals surface area contributed by atoms with Crippen LogP contribution in [-0.4, -0.2) is 23.4 Å². The second-order valence-corrected chi connectivity index (χ2v) is 1.07. The summed E-state index contributed by atoms with van der Waals surface area (Å²) >= 11 is 0. The summed E-state index contributed by atoms with van der Waals surface area (Å²) in [6.45, 7) is 0. The molecule has 0 bridgehead atoms. The second kappa shape index (κ2) is 4.27. The summed E-state index contributed by atoms with van der Waals surface area (Å²) in [4.78, 5) is 32.9. The number of carbonyl (C=O) groups excluding carboxylic acids is 2. The van der Waals surface area contributed by atoms with Crippen molar-refractivity contribution in [1.82, 2.24) is 11.0 Å². The maximum atomic E-state index is 10.0. The molecule has 0 unspecified atom stereocenters. The minimum atomic E-state index is -1.70. The van der Waals surface area contributed by atoms with Gasteiger partial charge in [0, 0.05) is 0 Å². The zero-order valence-electron chi connectivity index (χ0n) is 4.66. The van der Waals surface area contributed by atoms with Crippen molar-refractivity contribution in [2.24, 2.45) is 0 Å². The van der Waals surface area contributed by atoms with Crippen LogP contribution >= 0.6 is 0 Å². The molecule has 0 atom stereocenters. The molecule has 0 aromatic carbocycles. The maximum Gasteiger partial charge on any atom is 0.396 e. The van der Waals surface area contributed by atoms with Crippen LogP contribution in [-0.2, 0) is 19.3 Å². The number of carboxylic acid groups (broad SMARTS) is 1. The summed E-state index contributed by atoms with van der Waals surface area (Å²) in [6, 6.07) is 0. The molecule has 0 spiro atoms. The van der Waals surface area contributed by atoms with E-state index in [4.69, 9.17) is 5.11 Å². The number of carboxylic acids is 1. The molecular weight excluding hydrogens is 144 g/mol. The van der Waals surface area contributed by atoms with Crippen molar-refractivity contribution in [3.63, 3.8) is 0 Å². The Labute approximate surface area is 54.9 Å². The number of amides is 2. The predicted octanol–water partition coefficient (Wildman–Crippen LogP) is -2.22. The van der Waals surface area contributed by atoms with Crippen molar-refractivity contribution in [2.45, 2.75) is 0 Å². The van der Waals surface area contributed by atoms with E-state index in [1.54, 1.807) is 5.48 Å². The van der Waals surface area contributed by atoms with Gasteiger partial charge in [0.15, 0.2) is 0 Å². The van der Waals surface area contributed by atoms with Crippen LogP contribution in [0.2, 0.25) is 0 Å². The van der Waals surface area contributed by atoms with E-state index in [9.17, 15) is 14.4 Å². The maximum absolute atomic E-state index is 10.0. The van der Waals surface area contributed by atoms with Crippen LogP contribution in [0, 0.1) is 0 Å². The number of rotatable bonds is 3. The number of hydrogen-bond donors (Lipinski definition) is 3. The minimum absolute atomic E-state index is 0.127. The van der Waals surface area contributed by atoms with Crippen LogP contribution in [0.25, 0.3) is 0 Å². The lowest BCUT2D eigenvalue weighted by molar-refractivity contribution is -0.161. The molecule has 0 radical (unpaired) electrons. The van der Waals surface area contributed by atoms with E-state index in [0.29, 0.717) is 0 Å². The first-order chi connectivity index (χ1) is 4.68. The molecule has 7 nitrogen and oxygen atoms in total. The molecule has 0 aliphatic carbocycles. The Bertz CT molecular complexity index is 155. The smallest absolute Gasteiger partial charge is 0.396 e. The van der Waals surface area contributed by atoms with Crippen LogP contribution in [0.3, 0.4) is 0 Å². The molecule has 0 rings (SSSR count). The fraction of sp³-hybridized carbons (Fsp3) is 0. The molecule has 0 aromatic rings. The monoisotopic (exact) mass is 148 g/mol. The fourth-order valence-corrected chi connectivity index (χ4v) is 0.144. The van der Waals surface area contributed by atoms with Crippen LogP contribution < -0.4 is 11.0 Å². The lowest BCUT2D eigenvalue weighted by atomic mass is 10.7. The zero-order valence-corrected chi connectivity index (χ0v) is 4.66. The van der Waals surface area contributed by atoms with Gasteiger partial charge >= 0.3 is 11.9 Å². The Balaban J connectivity index is 3.40. The molecule has 0 aromatic heterocycles. The highest BCUT2D eigenvalue weighted by Crippen LogP contribution is 1.63. The quantitative estimate of drug-likeness (QED) is 0.182. The van der Waals surface area contributed by atoms with Gasteiger partial charge in [0.1, 0.15) is 0 Å². The average molecular weight is 148 g/mol. The van der Waals surface area contributed by atoms with E-state index in [0.717, 1.165) is 0 Å². The van der Waals surface area contributed by atoms with Gasteiger partial charge in [0.25, 0.3) is 0 Å². The average Bonchev–Trinajstić information content (AvgIpc) is 1.88. The highest BCUT2D eigenvalue weighted by Gasteiger charge is 2.09. The van der Waals surface area contributed by atoms with E-state index >= 15 is 0 Å². The van der Waals surface area contributed by atoms with Gasteiger partial charge in [-0.1, -0.05) is 0 Å². The summed E-state index contributed by atoms with van der Waals surface area (Å²) in [5.74, 6) is -3.07. The van der Waals surface area contributed by atoms with Crippen LogP contribution in [0.5, 0.6) is 0 Å². The number of nitrogens with one attached hydrogen (secondary N) is 2. The first-order valence-electron chi connectivity index (χ1n) is 2.06. The van der Waals surface area contributed by atoms with Crippen molar-refractivity contribution in [2.75, 3.05) is 0 Å². The number of hydroxylamine groups is 2. The van der Waals surface area contributed by atoms with Crippen LogP contribution in [0.15, 0.2) is 0 Å². The summed E-state index contributed by atoms with van der Waals surface area (Å²) in [5, 5.41) is 7.87. The molecule has 0 aliphatic heterocycles. The molecular formula is C3H4N2O5. The highest BCUT2D eigenvalue weighted by atomic mass is 16.8. The van der Waals surface area contributed by atoms with Gasteiger partial charge in [-0.2, -0.15) is 10.4 Å². The molecule has 0 heterocycles. The van der Waals surface area contributed by atoms with Gasteiger partial charge in [-0.3, -0.25) is 9.59 Å². The van der Waals surface area contributed by atoms with E-state index in [1.807, 2.05) is 0 Å². The molecule has 0 saturated heterocycles. The Morgan fingerprint density at radius 3 is 2.50 bits per heavy atom. The van der Waals surface area contributed by atoms with E-state index < -0.39 is 11.9 Å². The van der Waals surface area contributed by atoms with Crippen molar-refractivity contribution < 1.29 is 24.4 Å². The van der Waals surface area contributed by atoms with Crippen molar-refractivity contribution in [1.29, 1.82) is 0 Å². The zero-order chi connectivity index (χ0) is 7.98. The van der Waals surface area contributed by atoms with Crippen molar-refractivity contribution in [3.8, 4) is 0 Å². The molecule has 0 saturated carbocycles. The fourth-order valence-electron chi connectivity index (χ4n) is 0.144. The van der Waals surface area contributed by atoms with Gasteiger partial charge in [-0.15, -0.1) is 0 Å². The van der Waals surface area contributed by atoms with E-state index in [1.165, 1.54) is 5.48 Å². The number of carbonyl (C=O) groups is 3. The Hall–Kier alpha value is -1.63. The third-order valence-electron chi connectivity index (χ3n) is 0.445. The van der Waals surface area contributed by atoms with Gasteiger partial charge in [0.05, 0.1) is 0 Å². The predicted molar refractivity (Wildman–Crippen MR) is 26.1 cm³/mol. The Morgan fingerprint density at radius 1 is 1.50 bits per heavy atom. The highest BCUT2D eigenvalue weighted by molar-refractivity contribution is 6.31. The van der Waals surface area contributed by atoms with E-state index in [2.05, 4.69) is 4.94 Å². The third-order valence-corrected chi connectivity index (χ3v) is 0.445. The SMILES string of the molecule is O=CNONC(=O)C(=O)O. The molecule has 0 fully saturated rings.